The lowest BCUT2D eigenvalue weighted by Crippen LogP contribution is -1.91. The lowest BCUT2D eigenvalue weighted by Gasteiger charge is -2.01. The highest BCUT2D eigenvalue weighted by Gasteiger charge is 1.99. The SMILES string of the molecule is C.CC(C)c1cc(F)ccn1. The summed E-state index contributed by atoms with van der Waals surface area (Å²) >= 11 is 0. The molecule has 1 aromatic heterocycles. The summed E-state index contributed by atoms with van der Waals surface area (Å²) in [6.45, 7) is 3.98. The highest BCUT2D eigenvalue weighted by atomic mass is 19.1. The van der Waals surface area contributed by atoms with Gasteiger partial charge in [0, 0.05) is 11.9 Å². The molecule has 0 radical (unpaired) electrons. The van der Waals surface area contributed by atoms with Crippen molar-refractivity contribution in [3.8, 4) is 0 Å². The number of rotatable bonds is 1. The molecule has 1 rings (SSSR count). The number of halogens is 1. The first-order valence-electron chi connectivity index (χ1n) is 3.31. The summed E-state index contributed by atoms with van der Waals surface area (Å²) in [6, 6.07) is 2.82. The van der Waals surface area contributed by atoms with Crippen molar-refractivity contribution in [3.05, 3.63) is 29.8 Å². The van der Waals surface area contributed by atoms with Crippen LogP contribution in [0.1, 0.15) is 32.9 Å². The molecule has 0 aromatic carbocycles. The fraction of sp³-hybridized carbons (Fsp3) is 0.444. The van der Waals surface area contributed by atoms with E-state index in [0.29, 0.717) is 5.92 Å². The van der Waals surface area contributed by atoms with Crippen molar-refractivity contribution in [3.63, 3.8) is 0 Å². The Hall–Kier alpha value is -0.920. The average molecular weight is 155 g/mol. The van der Waals surface area contributed by atoms with Crippen molar-refractivity contribution in [1.82, 2.24) is 4.98 Å². The van der Waals surface area contributed by atoms with E-state index in [9.17, 15) is 4.39 Å². The largest absolute Gasteiger partial charge is 0.261 e. The number of aromatic nitrogens is 1. The van der Waals surface area contributed by atoms with E-state index in [1.807, 2.05) is 13.8 Å². The molecule has 0 atom stereocenters. The lowest BCUT2D eigenvalue weighted by molar-refractivity contribution is 0.618. The lowest BCUT2D eigenvalue weighted by atomic mass is 10.1. The van der Waals surface area contributed by atoms with E-state index in [4.69, 9.17) is 0 Å². The van der Waals surface area contributed by atoms with Crippen molar-refractivity contribution in [2.24, 2.45) is 0 Å². The predicted octanol–water partition coefficient (Wildman–Crippen LogP) is 2.98. The summed E-state index contributed by atoms with van der Waals surface area (Å²) in [5, 5.41) is 0. The first-order valence-corrected chi connectivity index (χ1v) is 3.31. The van der Waals surface area contributed by atoms with Crippen LogP contribution in [0.3, 0.4) is 0 Å². The van der Waals surface area contributed by atoms with Crippen LogP contribution in [0.2, 0.25) is 0 Å². The Kier molecular flexibility index (Phi) is 3.72. The summed E-state index contributed by atoms with van der Waals surface area (Å²) in [4.78, 5) is 4.00. The monoisotopic (exact) mass is 155 g/mol. The first kappa shape index (κ1) is 10.1. The number of hydrogen-bond donors (Lipinski definition) is 0. The molecule has 0 unspecified atom stereocenters. The third kappa shape index (κ3) is 2.66. The maximum Gasteiger partial charge on any atom is 0.126 e. The van der Waals surface area contributed by atoms with Crippen LogP contribution in [0, 0.1) is 5.82 Å². The number of pyridine rings is 1. The van der Waals surface area contributed by atoms with Gasteiger partial charge in [-0.2, -0.15) is 0 Å². The fourth-order valence-electron chi connectivity index (χ4n) is 0.737. The minimum atomic E-state index is -0.210. The topological polar surface area (TPSA) is 12.9 Å². The zero-order valence-corrected chi connectivity index (χ0v) is 6.13. The van der Waals surface area contributed by atoms with Crippen molar-refractivity contribution in [2.45, 2.75) is 27.2 Å². The summed E-state index contributed by atoms with van der Waals surface area (Å²) in [5.74, 6) is 0.0920. The Morgan fingerprint density at radius 3 is 2.45 bits per heavy atom. The van der Waals surface area contributed by atoms with E-state index in [1.54, 1.807) is 0 Å². The Labute approximate surface area is 67.3 Å². The maximum absolute atomic E-state index is 12.5. The smallest absolute Gasteiger partial charge is 0.126 e. The van der Waals surface area contributed by atoms with Crippen LogP contribution < -0.4 is 0 Å². The molecule has 1 heterocycles. The molecule has 0 saturated heterocycles. The molecule has 0 amide bonds. The van der Waals surface area contributed by atoms with Gasteiger partial charge in [-0.25, -0.2) is 4.39 Å². The second kappa shape index (κ2) is 4.06. The zero-order chi connectivity index (χ0) is 7.56. The van der Waals surface area contributed by atoms with Crippen LogP contribution in [0.25, 0.3) is 0 Å². The molecule has 0 spiro atoms. The highest BCUT2D eigenvalue weighted by Crippen LogP contribution is 2.10. The van der Waals surface area contributed by atoms with Crippen LogP contribution in [-0.2, 0) is 0 Å². The van der Waals surface area contributed by atoms with Gasteiger partial charge in [0.15, 0.2) is 0 Å². The first-order chi connectivity index (χ1) is 4.70. The molecule has 0 N–H and O–H groups in total. The highest BCUT2D eigenvalue weighted by molar-refractivity contribution is 5.08. The molecular weight excluding hydrogens is 141 g/mol. The van der Waals surface area contributed by atoms with Gasteiger partial charge < -0.3 is 0 Å². The Morgan fingerprint density at radius 1 is 1.45 bits per heavy atom. The van der Waals surface area contributed by atoms with Crippen molar-refractivity contribution in [2.75, 3.05) is 0 Å². The van der Waals surface area contributed by atoms with Crippen LogP contribution in [-0.4, -0.2) is 4.98 Å². The normalized spacial score (nSPS) is 9.45. The molecule has 2 heteroatoms. The van der Waals surface area contributed by atoms with Crippen molar-refractivity contribution in [1.29, 1.82) is 0 Å². The average Bonchev–Trinajstić information content (AvgIpc) is 1.88. The van der Waals surface area contributed by atoms with Gasteiger partial charge in [0.05, 0.1) is 0 Å². The third-order valence-corrected chi connectivity index (χ3v) is 1.33. The second-order valence-electron chi connectivity index (χ2n) is 2.55. The predicted molar refractivity (Wildman–Crippen MR) is 45.0 cm³/mol. The Bertz CT molecular complexity index is 221. The molecule has 0 aliphatic carbocycles. The summed E-state index contributed by atoms with van der Waals surface area (Å²) < 4.78 is 12.5. The third-order valence-electron chi connectivity index (χ3n) is 1.33. The molecular formula is C9H14FN. The van der Waals surface area contributed by atoms with E-state index < -0.39 is 0 Å². The van der Waals surface area contributed by atoms with Gasteiger partial charge in [-0.15, -0.1) is 0 Å². The maximum atomic E-state index is 12.5. The second-order valence-corrected chi connectivity index (χ2v) is 2.55. The summed E-state index contributed by atoms with van der Waals surface area (Å²) in [6.07, 6.45) is 1.49. The minimum absolute atomic E-state index is 0. The van der Waals surface area contributed by atoms with Gasteiger partial charge in [-0.1, -0.05) is 21.3 Å². The van der Waals surface area contributed by atoms with Gasteiger partial charge >= 0.3 is 0 Å². The Morgan fingerprint density at radius 2 is 2.09 bits per heavy atom. The van der Waals surface area contributed by atoms with Gasteiger partial charge in [0.25, 0.3) is 0 Å². The van der Waals surface area contributed by atoms with Crippen molar-refractivity contribution >= 4 is 0 Å². The van der Waals surface area contributed by atoms with Crippen molar-refractivity contribution < 1.29 is 4.39 Å². The van der Waals surface area contributed by atoms with Gasteiger partial charge in [-0.05, 0) is 18.1 Å². The molecule has 11 heavy (non-hydrogen) atoms. The fourth-order valence-corrected chi connectivity index (χ4v) is 0.737. The zero-order valence-electron chi connectivity index (χ0n) is 6.13. The van der Waals surface area contributed by atoms with E-state index in [0.717, 1.165) is 5.69 Å². The number of hydrogen-bond acceptors (Lipinski definition) is 1. The quantitative estimate of drug-likeness (QED) is 0.607. The van der Waals surface area contributed by atoms with Crippen LogP contribution >= 0.6 is 0 Å². The molecule has 0 bridgehead atoms. The molecule has 0 fully saturated rings. The van der Waals surface area contributed by atoms with Gasteiger partial charge in [-0.3, -0.25) is 4.98 Å². The summed E-state index contributed by atoms with van der Waals surface area (Å²) in [5.41, 5.74) is 0.806. The van der Waals surface area contributed by atoms with E-state index in [1.165, 1.54) is 18.3 Å². The van der Waals surface area contributed by atoms with Crippen LogP contribution in [0.4, 0.5) is 4.39 Å². The van der Waals surface area contributed by atoms with Gasteiger partial charge in [0.2, 0.25) is 0 Å². The molecule has 1 aromatic rings. The molecule has 0 aliphatic heterocycles. The molecule has 1 nitrogen and oxygen atoms in total. The van der Waals surface area contributed by atoms with Gasteiger partial charge in [0.1, 0.15) is 5.82 Å². The molecule has 62 valence electrons. The number of nitrogens with zero attached hydrogens (tertiary/aromatic N) is 1. The molecule has 0 aliphatic rings. The molecule has 0 saturated carbocycles. The summed E-state index contributed by atoms with van der Waals surface area (Å²) in [7, 11) is 0. The van der Waals surface area contributed by atoms with Crippen LogP contribution in [0.15, 0.2) is 18.3 Å². The Balaban J connectivity index is 0.000001000. The van der Waals surface area contributed by atoms with E-state index in [-0.39, 0.29) is 13.2 Å². The van der Waals surface area contributed by atoms with Crippen LogP contribution in [0.5, 0.6) is 0 Å². The van der Waals surface area contributed by atoms with E-state index in [2.05, 4.69) is 4.98 Å². The minimum Gasteiger partial charge on any atom is -0.261 e. The van der Waals surface area contributed by atoms with E-state index >= 15 is 0 Å². The standard InChI is InChI=1S/C8H10FN.CH4/c1-6(2)8-5-7(9)3-4-10-8;/h3-6H,1-2H3;1H4.